The second kappa shape index (κ2) is 5.41. The van der Waals surface area contributed by atoms with Crippen LogP contribution in [0.3, 0.4) is 0 Å². The molecule has 0 fully saturated rings. The minimum Gasteiger partial charge on any atom is -0.385 e. The summed E-state index contributed by atoms with van der Waals surface area (Å²) in [5, 5.41) is 15.5. The second-order valence-electron chi connectivity index (χ2n) is 5.78. The monoisotopic (exact) mass is 270 g/mol. The van der Waals surface area contributed by atoms with Crippen LogP contribution in [0, 0.1) is 0 Å². The molecule has 0 aliphatic heterocycles. The number of aromatic nitrogens is 2. The number of hydrogen-bond acceptors (Lipinski definition) is 2. The van der Waals surface area contributed by atoms with Crippen molar-refractivity contribution in [3.8, 4) is 0 Å². The summed E-state index contributed by atoms with van der Waals surface area (Å²) in [5.74, 6) is 0. The molecule has 20 heavy (non-hydrogen) atoms. The number of fused-ring (bicyclic) bond motifs is 1. The fourth-order valence-corrected chi connectivity index (χ4v) is 3.25. The zero-order valence-electron chi connectivity index (χ0n) is 12.0. The molecule has 3 rings (SSSR count). The van der Waals surface area contributed by atoms with Gasteiger partial charge in [-0.2, -0.15) is 5.10 Å². The molecule has 3 nitrogen and oxygen atoms in total. The van der Waals surface area contributed by atoms with Crippen LogP contribution < -0.4 is 0 Å². The topological polar surface area (TPSA) is 38.0 Å². The Balaban J connectivity index is 1.93. The molecule has 3 heteroatoms. The predicted octanol–water partition coefficient (Wildman–Crippen LogP) is 3.06. The van der Waals surface area contributed by atoms with Crippen molar-refractivity contribution in [3.63, 3.8) is 0 Å². The number of hydrogen-bond donors (Lipinski definition) is 1. The Bertz CT molecular complexity index is 590. The third-order valence-corrected chi connectivity index (χ3v) is 4.31. The highest BCUT2D eigenvalue weighted by atomic mass is 16.3. The zero-order valence-corrected chi connectivity index (χ0v) is 12.0. The third-order valence-electron chi connectivity index (χ3n) is 4.31. The Hall–Kier alpha value is -1.61. The van der Waals surface area contributed by atoms with Crippen molar-refractivity contribution in [3.05, 3.63) is 53.3 Å². The maximum Gasteiger partial charge on any atom is 0.0940 e. The molecular formula is C17H22N2O. The minimum absolute atomic E-state index is 0.657. The van der Waals surface area contributed by atoms with Crippen molar-refractivity contribution in [2.24, 2.45) is 0 Å². The van der Waals surface area contributed by atoms with Gasteiger partial charge in [0.15, 0.2) is 0 Å². The van der Waals surface area contributed by atoms with Crippen LogP contribution in [0.5, 0.6) is 0 Å². The smallest absolute Gasteiger partial charge is 0.0940 e. The van der Waals surface area contributed by atoms with Gasteiger partial charge in [0.05, 0.1) is 11.8 Å². The van der Waals surface area contributed by atoms with Gasteiger partial charge in [-0.3, -0.25) is 4.68 Å². The Morgan fingerprint density at radius 3 is 2.95 bits per heavy atom. The lowest BCUT2D eigenvalue weighted by Gasteiger charge is -2.28. The Morgan fingerprint density at radius 2 is 2.15 bits per heavy atom. The summed E-state index contributed by atoms with van der Waals surface area (Å²) in [7, 11) is 0. The van der Waals surface area contributed by atoms with Gasteiger partial charge in [-0.25, -0.2) is 0 Å². The molecular weight excluding hydrogens is 248 g/mol. The Kier molecular flexibility index (Phi) is 3.62. The van der Waals surface area contributed by atoms with Gasteiger partial charge in [0.25, 0.3) is 0 Å². The Morgan fingerprint density at radius 1 is 1.30 bits per heavy atom. The van der Waals surface area contributed by atoms with Crippen LogP contribution in [0.25, 0.3) is 0 Å². The van der Waals surface area contributed by atoms with Gasteiger partial charge in [-0.05, 0) is 49.3 Å². The molecule has 1 heterocycles. The number of rotatable bonds is 3. The molecule has 0 bridgehead atoms. The highest BCUT2D eigenvalue weighted by Crippen LogP contribution is 2.36. The highest BCUT2D eigenvalue weighted by Gasteiger charge is 2.33. The van der Waals surface area contributed by atoms with E-state index in [1.165, 1.54) is 5.56 Å². The maximum atomic E-state index is 11.2. The first-order chi connectivity index (χ1) is 9.71. The summed E-state index contributed by atoms with van der Waals surface area (Å²) in [6.07, 6.45) is 8.74. The molecule has 0 radical (unpaired) electrons. The summed E-state index contributed by atoms with van der Waals surface area (Å²) >= 11 is 0. The number of aliphatic hydroxyl groups is 1. The largest absolute Gasteiger partial charge is 0.385 e. The van der Waals surface area contributed by atoms with Gasteiger partial charge in [0.1, 0.15) is 0 Å². The van der Waals surface area contributed by atoms with Crippen LogP contribution >= 0.6 is 0 Å². The second-order valence-corrected chi connectivity index (χ2v) is 5.78. The molecule has 0 spiro atoms. The first-order valence-electron chi connectivity index (χ1n) is 7.53. The van der Waals surface area contributed by atoms with Crippen molar-refractivity contribution in [1.82, 2.24) is 9.78 Å². The van der Waals surface area contributed by atoms with Gasteiger partial charge in [-0.1, -0.05) is 24.3 Å². The standard InChI is InChI=1S/C17H22N2O/c1-2-19-13-14(12-18-19)11-17(20)10-6-5-8-15-7-3-4-9-16(15)17/h3-4,7,9,12-13,20H,2,5-6,8,10-11H2,1H3. The number of aryl methyl sites for hydroxylation is 2. The summed E-state index contributed by atoms with van der Waals surface area (Å²) in [6.45, 7) is 2.95. The maximum absolute atomic E-state index is 11.2. The van der Waals surface area contributed by atoms with Crippen LogP contribution in [-0.2, 0) is 25.0 Å². The average Bonchev–Trinajstić information content (AvgIpc) is 2.84. The van der Waals surface area contributed by atoms with Gasteiger partial charge < -0.3 is 5.11 Å². The van der Waals surface area contributed by atoms with Crippen LogP contribution in [-0.4, -0.2) is 14.9 Å². The summed E-state index contributed by atoms with van der Waals surface area (Å²) in [4.78, 5) is 0. The fourth-order valence-electron chi connectivity index (χ4n) is 3.25. The molecule has 2 aromatic rings. The number of nitrogens with zero attached hydrogens (tertiary/aromatic N) is 2. The van der Waals surface area contributed by atoms with Gasteiger partial charge in [0.2, 0.25) is 0 Å². The van der Waals surface area contributed by atoms with Gasteiger partial charge in [0, 0.05) is 19.2 Å². The SMILES string of the molecule is CCn1cc(CC2(O)CCCCc3ccccc32)cn1. The quantitative estimate of drug-likeness (QED) is 0.870. The van der Waals surface area contributed by atoms with Crippen LogP contribution in [0.4, 0.5) is 0 Å². The van der Waals surface area contributed by atoms with E-state index in [1.54, 1.807) is 0 Å². The van der Waals surface area contributed by atoms with Crippen molar-refractivity contribution >= 4 is 0 Å². The van der Waals surface area contributed by atoms with Gasteiger partial charge >= 0.3 is 0 Å². The van der Waals surface area contributed by atoms with E-state index in [4.69, 9.17) is 0 Å². The van der Waals surface area contributed by atoms with E-state index >= 15 is 0 Å². The van der Waals surface area contributed by atoms with E-state index in [0.29, 0.717) is 6.42 Å². The molecule has 106 valence electrons. The van der Waals surface area contributed by atoms with Crippen LogP contribution in [0.1, 0.15) is 42.9 Å². The number of benzene rings is 1. The molecule has 0 amide bonds. The first kappa shape index (κ1) is 13.4. The Labute approximate surface area is 120 Å². The lowest BCUT2D eigenvalue weighted by molar-refractivity contribution is 0.0272. The van der Waals surface area contributed by atoms with Crippen LogP contribution in [0.2, 0.25) is 0 Å². The molecule has 1 aliphatic carbocycles. The van der Waals surface area contributed by atoms with Crippen molar-refractivity contribution in [1.29, 1.82) is 0 Å². The molecule has 1 aromatic heterocycles. The van der Waals surface area contributed by atoms with E-state index < -0.39 is 5.60 Å². The minimum atomic E-state index is -0.741. The van der Waals surface area contributed by atoms with E-state index in [2.05, 4.69) is 30.2 Å². The summed E-state index contributed by atoms with van der Waals surface area (Å²) < 4.78 is 1.92. The van der Waals surface area contributed by atoms with Crippen molar-refractivity contribution in [2.45, 2.75) is 51.2 Å². The molecule has 1 unspecified atom stereocenters. The molecule has 1 atom stereocenters. The van der Waals surface area contributed by atoms with E-state index in [1.807, 2.05) is 23.1 Å². The van der Waals surface area contributed by atoms with E-state index in [0.717, 1.165) is 43.4 Å². The third kappa shape index (κ3) is 2.50. The summed E-state index contributed by atoms with van der Waals surface area (Å²) in [6, 6.07) is 8.34. The normalized spacial score (nSPS) is 22.3. The highest BCUT2D eigenvalue weighted by molar-refractivity contribution is 5.35. The van der Waals surface area contributed by atoms with Crippen molar-refractivity contribution in [2.75, 3.05) is 0 Å². The summed E-state index contributed by atoms with van der Waals surface area (Å²) in [5.41, 5.74) is 2.79. The van der Waals surface area contributed by atoms with Crippen LogP contribution in [0.15, 0.2) is 36.7 Å². The van der Waals surface area contributed by atoms with E-state index in [-0.39, 0.29) is 0 Å². The molecule has 1 aromatic carbocycles. The van der Waals surface area contributed by atoms with E-state index in [9.17, 15) is 5.11 Å². The average molecular weight is 270 g/mol. The predicted molar refractivity (Wildman–Crippen MR) is 79.5 cm³/mol. The van der Waals surface area contributed by atoms with Gasteiger partial charge in [-0.15, -0.1) is 0 Å². The zero-order chi connectivity index (χ0) is 14.0. The molecule has 0 saturated carbocycles. The molecule has 1 N–H and O–H groups in total. The lowest BCUT2D eigenvalue weighted by Crippen LogP contribution is -2.28. The lowest BCUT2D eigenvalue weighted by atomic mass is 9.83. The fraction of sp³-hybridized carbons (Fsp3) is 0.471. The molecule has 0 saturated heterocycles. The molecule has 1 aliphatic rings. The van der Waals surface area contributed by atoms with Crippen molar-refractivity contribution < 1.29 is 5.11 Å². The first-order valence-corrected chi connectivity index (χ1v) is 7.53.